The summed E-state index contributed by atoms with van der Waals surface area (Å²) in [6.45, 7) is 9.57. The van der Waals surface area contributed by atoms with Crippen molar-refractivity contribution in [3.8, 4) is 16.9 Å². The molecule has 6 rings (SSSR count). The lowest BCUT2D eigenvalue weighted by Gasteiger charge is -2.42. The van der Waals surface area contributed by atoms with Crippen molar-refractivity contribution in [2.75, 3.05) is 75.9 Å². The van der Waals surface area contributed by atoms with Gasteiger partial charge < -0.3 is 30.7 Å². The quantitative estimate of drug-likeness (QED) is 0.368. The van der Waals surface area contributed by atoms with E-state index in [0.717, 1.165) is 98.0 Å². The van der Waals surface area contributed by atoms with Gasteiger partial charge in [-0.2, -0.15) is 0 Å². The molecule has 3 aromatic rings. The van der Waals surface area contributed by atoms with E-state index in [-0.39, 0.29) is 6.10 Å². The molecule has 3 fully saturated rings. The molecule has 2 aromatic heterocycles. The molecule has 42 heavy (non-hydrogen) atoms. The number of piperidine rings is 1. The number of ether oxygens (including phenoxy) is 1. The van der Waals surface area contributed by atoms with Gasteiger partial charge in [0.2, 0.25) is 0 Å². The van der Waals surface area contributed by atoms with Gasteiger partial charge in [0.25, 0.3) is 0 Å². The van der Waals surface area contributed by atoms with E-state index in [4.69, 9.17) is 20.4 Å². The Morgan fingerprint density at radius 2 is 1.81 bits per heavy atom. The molecule has 10 nitrogen and oxygen atoms in total. The number of nitrogen functional groups attached to an aromatic ring is 1. The molecule has 2 atom stereocenters. The smallest absolute Gasteiger partial charge is 0.151 e. The lowest BCUT2D eigenvalue weighted by molar-refractivity contribution is 0.0981. The number of piperazine rings is 1. The van der Waals surface area contributed by atoms with Gasteiger partial charge in [0.1, 0.15) is 22.6 Å². The van der Waals surface area contributed by atoms with E-state index in [2.05, 4.69) is 57.2 Å². The molecule has 0 bridgehead atoms. The molecule has 0 amide bonds. The number of nitrogens with two attached hydrogens (primary N) is 1. The van der Waals surface area contributed by atoms with Crippen LogP contribution in [0.3, 0.4) is 0 Å². The standard InChI is InChI=1S/C32H46N8O2/c1-4-26-32(35-19-21-5-7-24(41)17-21)37-29-25(20-34-31(33)30(29)36-26)22-6-8-27(28(18-22)42-3)40-11-9-23(10-12-40)39-15-13-38(2)14-16-39/h6,8,18,20-21,23-24,41H,4-5,7,9-17,19H2,1-3H3,(H2,33,34)(H,35,37). The van der Waals surface area contributed by atoms with Crippen molar-refractivity contribution >= 4 is 28.4 Å². The van der Waals surface area contributed by atoms with E-state index in [9.17, 15) is 5.11 Å². The summed E-state index contributed by atoms with van der Waals surface area (Å²) in [6.07, 6.45) is 7.41. The van der Waals surface area contributed by atoms with E-state index in [1.54, 1.807) is 13.3 Å². The van der Waals surface area contributed by atoms with Crippen molar-refractivity contribution in [1.29, 1.82) is 0 Å². The fourth-order valence-electron chi connectivity index (χ4n) is 6.93. The molecule has 2 unspecified atom stereocenters. The van der Waals surface area contributed by atoms with Gasteiger partial charge in [0.15, 0.2) is 5.82 Å². The van der Waals surface area contributed by atoms with Crippen molar-refractivity contribution in [2.24, 2.45) is 5.92 Å². The number of rotatable bonds is 8. The van der Waals surface area contributed by atoms with Crippen LogP contribution in [0.2, 0.25) is 0 Å². The van der Waals surface area contributed by atoms with Crippen molar-refractivity contribution < 1.29 is 9.84 Å². The molecule has 1 aliphatic carbocycles. The maximum absolute atomic E-state index is 9.96. The molecular formula is C32H46N8O2. The minimum absolute atomic E-state index is 0.191. The van der Waals surface area contributed by atoms with E-state index < -0.39 is 0 Å². The zero-order valence-corrected chi connectivity index (χ0v) is 25.3. The topological polar surface area (TPSA) is 116 Å². The number of aliphatic hydroxyl groups excluding tert-OH is 1. The fourth-order valence-corrected chi connectivity index (χ4v) is 6.93. The Morgan fingerprint density at radius 3 is 2.50 bits per heavy atom. The van der Waals surface area contributed by atoms with Crippen LogP contribution in [0.25, 0.3) is 22.2 Å². The number of hydrogen-bond acceptors (Lipinski definition) is 10. The average molecular weight is 575 g/mol. The molecular weight excluding hydrogens is 528 g/mol. The predicted molar refractivity (Wildman–Crippen MR) is 169 cm³/mol. The molecule has 3 aliphatic rings. The number of nitrogens with zero attached hydrogens (tertiary/aromatic N) is 6. The molecule has 4 heterocycles. The number of fused-ring (bicyclic) bond motifs is 1. The second kappa shape index (κ2) is 12.6. The largest absolute Gasteiger partial charge is 0.495 e. The lowest BCUT2D eigenvalue weighted by atomic mass is 10.00. The third-order valence-corrected chi connectivity index (χ3v) is 9.56. The third-order valence-electron chi connectivity index (χ3n) is 9.56. The Balaban J connectivity index is 1.24. The van der Waals surface area contributed by atoms with Gasteiger partial charge in [0.05, 0.1) is 24.6 Å². The molecule has 1 saturated carbocycles. The van der Waals surface area contributed by atoms with Crippen LogP contribution in [0.4, 0.5) is 17.3 Å². The van der Waals surface area contributed by atoms with E-state index >= 15 is 0 Å². The van der Waals surface area contributed by atoms with Gasteiger partial charge in [-0.15, -0.1) is 0 Å². The molecule has 10 heteroatoms. The summed E-state index contributed by atoms with van der Waals surface area (Å²) in [5.74, 6) is 2.46. The van der Waals surface area contributed by atoms with Crippen molar-refractivity contribution in [2.45, 2.75) is 57.6 Å². The normalized spacial score (nSPS) is 22.6. The maximum atomic E-state index is 9.96. The number of aliphatic hydroxyl groups is 1. The first-order chi connectivity index (χ1) is 20.4. The highest BCUT2D eigenvalue weighted by Gasteiger charge is 2.28. The van der Waals surface area contributed by atoms with Crippen LogP contribution in [0.1, 0.15) is 44.7 Å². The second-order valence-electron chi connectivity index (χ2n) is 12.3. The molecule has 0 spiro atoms. The first kappa shape index (κ1) is 28.9. The molecule has 4 N–H and O–H groups in total. The van der Waals surface area contributed by atoms with E-state index in [1.807, 2.05) is 0 Å². The molecule has 2 aliphatic heterocycles. The summed E-state index contributed by atoms with van der Waals surface area (Å²) >= 11 is 0. The van der Waals surface area contributed by atoms with Gasteiger partial charge in [-0.25, -0.2) is 15.0 Å². The number of methoxy groups -OCH3 is 1. The van der Waals surface area contributed by atoms with Crippen LogP contribution in [-0.2, 0) is 6.42 Å². The molecule has 226 valence electrons. The molecule has 2 saturated heterocycles. The maximum Gasteiger partial charge on any atom is 0.151 e. The van der Waals surface area contributed by atoms with Gasteiger partial charge in [0, 0.05) is 63.6 Å². The van der Waals surface area contributed by atoms with Gasteiger partial charge in [-0.05, 0) is 69.2 Å². The van der Waals surface area contributed by atoms with Gasteiger partial charge >= 0.3 is 0 Å². The predicted octanol–water partition coefficient (Wildman–Crippen LogP) is 3.63. The summed E-state index contributed by atoms with van der Waals surface area (Å²) in [7, 11) is 3.96. The summed E-state index contributed by atoms with van der Waals surface area (Å²) < 4.78 is 5.94. The zero-order chi connectivity index (χ0) is 29.2. The van der Waals surface area contributed by atoms with Crippen LogP contribution in [0, 0.1) is 5.92 Å². The van der Waals surface area contributed by atoms with Crippen molar-refractivity contribution in [1.82, 2.24) is 24.8 Å². The highest BCUT2D eigenvalue weighted by atomic mass is 16.5. The van der Waals surface area contributed by atoms with Crippen LogP contribution in [-0.4, -0.2) is 102 Å². The number of aryl methyl sites for hydroxylation is 1. The zero-order valence-electron chi connectivity index (χ0n) is 25.3. The number of aromatic nitrogens is 3. The highest BCUT2D eigenvalue weighted by molar-refractivity contribution is 5.97. The van der Waals surface area contributed by atoms with Gasteiger partial charge in [-0.1, -0.05) is 13.0 Å². The van der Waals surface area contributed by atoms with Crippen LogP contribution < -0.4 is 20.7 Å². The van der Waals surface area contributed by atoms with Crippen molar-refractivity contribution in [3.05, 3.63) is 30.1 Å². The first-order valence-electron chi connectivity index (χ1n) is 15.7. The SMILES string of the molecule is CCc1nc2c(N)ncc(-c3ccc(N4CCC(N5CCN(C)CC5)CC4)c(OC)c3)c2nc1NCC1CCC(O)C1. The molecule has 0 radical (unpaired) electrons. The second-order valence-corrected chi connectivity index (χ2v) is 12.3. The van der Waals surface area contributed by atoms with Gasteiger partial charge in [-0.3, -0.25) is 4.90 Å². The average Bonchev–Trinajstić information content (AvgIpc) is 3.45. The number of hydrogen-bond donors (Lipinski definition) is 3. The number of anilines is 3. The number of likely N-dealkylation sites (N-methyl/N-ethyl adjacent to an activating group) is 1. The minimum Gasteiger partial charge on any atom is -0.495 e. The summed E-state index contributed by atoms with van der Waals surface area (Å²) in [6, 6.07) is 7.07. The van der Waals surface area contributed by atoms with Crippen molar-refractivity contribution in [3.63, 3.8) is 0 Å². The Bertz CT molecular complexity index is 1380. The first-order valence-corrected chi connectivity index (χ1v) is 15.7. The number of pyridine rings is 1. The minimum atomic E-state index is -0.191. The van der Waals surface area contributed by atoms with Crippen LogP contribution in [0.5, 0.6) is 5.75 Å². The molecule has 1 aromatic carbocycles. The summed E-state index contributed by atoms with van der Waals surface area (Å²) in [5, 5.41) is 13.5. The monoisotopic (exact) mass is 574 g/mol. The summed E-state index contributed by atoms with van der Waals surface area (Å²) in [4.78, 5) is 22.1. The highest BCUT2D eigenvalue weighted by Crippen LogP contribution is 2.38. The Hall–Kier alpha value is -3.21. The third kappa shape index (κ3) is 5.98. The fraction of sp³-hybridized carbons (Fsp3) is 0.594. The van der Waals surface area contributed by atoms with Crippen LogP contribution in [0.15, 0.2) is 24.4 Å². The number of benzene rings is 1. The van der Waals surface area contributed by atoms with E-state index in [0.29, 0.717) is 23.3 Å². The lowest BCUT2D eigenvalue weighted by Crippen LogP contribution is -2.52. The Labute approximate surface area is 249 Å². The van der Waals surface area contributed by atoms with E-state index in [1.165, 1.54) is 25.9 Å². The van der Waals surface area contributed by atoms with Crippen LogP contribution >= 0.6 is 0 Å². The Kier molecular flexibility index (Phi) is 8.65. The number of nitrogens with one attached hydrogen (secondary N) is 1. The Morgan fingerprint density at radius 1 is 1.02 bits per heavy atom. The summed E-state index contributed by atoms with van der Waals surface area (Å²) in [5.41, 5.74) is 11.5.